The van der Waals surface area contributed by atoms with Crippen LogP contribution in [-0.2, 0) is 9.47 Å². The minimum atomic E-state index is -1.00. The molecular formula is C26H50O5. The molecule has 4 atom stereocenters. The van der Waals surface area contributed by atoms with Crippen LogP contribution in [0.15, 0.2) is 12.2 Å². The molecule has 184 valence electrons. The molecule has 1 aliphatic heterocycles. The summed E-state index contributed by atoms with van der Waals surface area (Å²) in [7, 11) is 0. The second-order valence-corrected chi connectivity index (χ2v) is 9.10. The van der Waals surface area contributed by atoms with Crippen molar-refractivity contribution in [3.05, 3.63) is 12.2 Å². The quantitative estimate of drug-likeness (QED) is 0.166. The first-order valence-electron chi connectivity index (χ1n) is 13.1. The molecule has 0 aliphatic carbocycles. The maximum absolute atomic E-state index is 9.91. The zero-order chi connectivity index (χ0) is 22.6. The van der Waals surface area contributed by atoms with Crippen molar-refractivity contribution in [3.63, 3.8) is 0 Å². The zero-order valence-corrected chi connectivity index (χ0v) is 20.1. The predicted molar refractivity (Wildman–Crippen MR) is 127 cm³/mol. The largest absolute Gasteiger partial charge is 0.394 e. The van der Waals surface area contributed by atoms with Crippen LogP contribution in [0.5, 0.6) is 0 Å². The van der Waals surface area contributed by atoms with E-state index in [1.54, 1.807) is 0 Å². The maximum Gasteiger partial charge on any atom is 0.114 e. The van der Waals surface area contributed by atoms with Gasteiger partial charge in [0.1, 0.15) is 24.4 Å². The van der Waals surface area contributed by atoms with Gasteiger partial charge in [0.2, 0.25) is 0 Å². The van der Waals surface area contributed by atoms with Crippen molar-refractivity contribution in [1.29, 1.82) is 0 Å². The third-order valence-electron chi connectivity index (χ3n) is 6.20. The van der Waals surface area contributed by atoms with E-state index in [2.05, 4.69) is 19.1 Å². The molecule has 0 aromatic rings. The van der Waals surface area contributed by atoms with E-state index in [1.807, 2.05) is 0 Å². The number of rotatable bonds is 21. The highest BCUT2D eigenvalue weighted by atomic mass is 16.6. The van der Waals surface area contributed by atoms with E-state index in [0.29, 0.717) is 6.61 Å². The Kier molecular flexibility index (Phi) is 18.6. The average Bonchev–Trinajstić information content (AvgIpc) is 3.15. The Morgan fingerprint density at radius 3 is 1.90 bits per heavy atom. The molecule has 3 N–H and O–H groups in total. The highest BCUT2D eigenvalue weighted by Crippen LogP contribution is 2.21. The lowest BCUT2D eigenvalue weighted by Gasteiger charge is -2.23. The lowest BCUT2D eigenvalue weighted by atomic mass is 10.1. The minimum Gasteiger partial charge on any atom is -0.394 e. The number of allylic oxidation sites excluding steroid dienone is 2. The first kappa shape index (κ1) is 28.6. The van der Waals surface area contributed by atoms with Crippen LogP contribution >= 0.6 is 0 Å². The van der Waals surface area contributed by atoms with Crippen molar-refractivity contribution in [3.8, 4) is 0 Å². The van der Waals surface area contributed by atoms with E-state index >= 15 is 0 Å². The number of unbranched alkanes of at least 4 members (excludes halogenated alkanes) is 14. The molecule has 0 aromatic heterocycles. The molecule has 0 spiro atoms. The monoisotopic (exact) mass is 442 g/mol. The first-order valence-corrected chi connectivity index (χ1v) is 13.1. The summed E-state index contributed by atoms with van der Waals surface area (Å²) in [6, 6.07) is 0. The summed E-state index contributed by atoms with van der Waals surface area (Å²) in [6.45, 7) is 2.60. The summed E-state index contributed by atoms with van der Waals surface area (Å²) in [5.41, 5.74) is 0. The van der Waals surface area contributed by atoms with Gasteiger partial charge in [0.05, 0.1) is 13.2 Å². The van der Waals surface area contributed by atoms with Gasteiger partial charge in [0.25, 0.3) is 0 Å². The standard InChI is InChI=1S/C26H50O5/c1-2-3-4-5-6-7-8-9-10-11-12-13-14-15-16-17-18-19-20-30-26-24(29)22-31-25(26)23(28)21-27/h10-11,23-29H,2-9,12-22H2,1H3/b11-10+/t23-,24+,25-,26-/m1/s1. The normalized spacial score (nSPS) is 22.5. The van der Waals surface area contributed by atoms with Crippen LogP contribution in [0, 0.1) is 0 Å². The number of hydrogen-bond acceptors (Lipinski definition) is 5. The Balaban J connectivity index is 1.83. The van der Waals surface area contributed by atoms with Crippen LogP contribution in [0.1, 0.15) is 110 Å². The van der Waals surface area contributed by atoms with Gasteiger partial charge in [-0.2, -0.15) is 0 Å². The molecule has 1 fully saturated rings. The van der Waals surface area contributed by atoms with E-state index in [0.717, 1.165) is 12.8 Å². The van der Waals surface area contributed by atoms with Crippen LogP contribution in [0.25, 0.3) is 0 Å². The van der Waals surface area contributed by atoms with Gasteiger partial charge in [0.15, 0.2) is 0 Å². The van der Waals surface area contributed by atoms with Crippen molar-refractivity contribution in [2.45, 2.75) is 134 Å². The van der Waals surface area contributed by atoms with E-state index in [4.69, 9.17) is 14.6 Å². The Morgan fingerprint density at radius 2 is 1.35 bits per heavy atom. The first-order chi connectivity index (χ1) is 15.2. The lowest BCUT2D eigenvalue weighted by Crippen LogP contribution is -2.42. The van der Waals surface area contributed by atoms with Crippen molar-refractivity contribution < 1.29 is 24.8 Å². The predicted octanol–water partition coefficient (Wildman–Crippen LogP) is 5.30. The Labute approximate surface area is 191 Å². The molecule has 31 heavy (non-hydrogen) atoms. The number of aliphatic hydroxyl groups excluding tert-OH is 3. The van der Waals surface area contributed by atoms with Gasteiger partial charge in [-0.25, -0.2) is 0 Å². The van der Waals surface area contributed by atoms with Crippen LogP contribution in [0.2, 0.25) is 0 Å². The van der Waals surface area contributed by atoms with Gasteiger partial charge in [-0.05, 0) is 32.1 Å². The van der Waals surface area contributed by atoms with Crippen LogP contribution in [0.3, 0.4) is 0 Å². The topological polar surface area (TPSA) is 79.2 Å². The van der Waals surface area contributed by atoms with Crippen LogP contribution in [0.4, 0.5) is 0 Å². The third-order valence-corrected chi connectivity index (χ3v) is 6.20. The van der Waals surface area contributed by atoms with Gasteiger partial charge < -0.3 is 24.8 Å². The Morgan fingerprint density at radius 1 is 0.839 bits per heavy atom. The van der Waals surface area contributed by atoms with Crippen molar-refractivity contribution in [1.82, 2.24) is 0 Å². The smallest absolute Gasteiger partial charge is 0.114 e. The summed E-state index contributed by atoms with van der Waals surface area (Å²) in [5, 5.41) is 28.7. The number of ether oxygens (including phenoxy) is 2. The van der Waals surface area contributed by atoms with Gasteiger partial charge in [-0.3, -0.25) is 0 Å². The highest BCUT2D eigenvalue weighted by molar-refractivity contribution is 4.89. The molecule has 0 amide bonds. The molecule has 5 nitrogen and oxygen atoms in total. The highest BCUT2D eigenvalue weighted by Gasteiger charge is 2.40. The van der Waals surface area contributed by atoms with E-state index in [1.165, 1.54) is 89.9 Å². The van der Waals surface area contributed by atoms with E-state index in [-0.39, 0.29) is 13.2 Å². The molecule has 0 aromatic carbocycles. The Bertz CT molecular complexity index is 415. The summed E-state index contributed by atoms with van der Waals surface area (Å²) in [6.07, 6.45) is 22.5. The van der Waals surface area contributed by atoms with Gasteiger partial charge >= 0.3 is 0 Å². The molecule has 1 heterocycles. The van der Waals surface area contributed by atoms with Gasteiger partial charge in [-0.15, -0.1) is 0 Å². The molecule has 1 saturated heterocycles. The number of hydrogen-bond donors (Lipinski definition) is 3. The molecular weight excluding hydrogens is 392 g/mol. The molecule has 1 aliphatic rings. The maximum atomic E-state index is 9.91. The van der Waals surface area contributed by atoms with Crippen molar-refractivity contribution >= 4 is 0 Å². The van der Waals surface area contributed by atoms with E-state index in [9.17, 15) is 10.2 Å². The fraction of sp³-hybridized carbons (Fsp3) is 0.923. The molecule has 0 radical (unpaired) electrons. The van der Waals surface area contributed by atoms with Crippen molar-refractivity contribution in [2.75, 3.05) is 19.8 Å². The minimum absolute atomic E-state index is 0.153. The molecule has 0 bridgehead atoms. The lowest BCUT2D eigenvalue weighted by molar-refractivity contribution is -0.0938. The number of aliphatic hydroxyl groups is 3. The third kappa shape index (κ3) is 14.3. The van der Waals surface area contributed by atoms with Gasteiger partial charge in [-0.1, -0.05) is 89.7 Å². The second kappa shape index (κ2) is 20.2. The van der Waals surface area contributed by atoms with Crippen molar-refractivity contribution in [2.24, 2.45) is 0 Å². The average molecular weight is 443 g/mol. The van der Waals surface area contributed by atoms with Crippen LogP contribution in [-0.4, -0.2) is 59.6 Å². The molecule has 5 heteroatoms. The van der Waals surface area contributed by atoms with E-state index < -0.39 is 24.4 Å². The summed E-state index contributed by atoms with van der Waals surface area (Å²) >= 11 is 0. The molecule has 0 unspecified atom stereocenters. The fourth-order valence-corrected chi connectivity index (χ4v) is 4.18. The Hall–Kier alpha value is -0.460. The van der Waals surface area contributed by atoms with Gasteiger partial charge in [0, 0.05) is 6.61 Å². The zero-order valence-electron chi connectivity index (χ0n) is 20.1. The second-order valence-electron chi connectivity index (χ2n) is 9.10. The summed E-state index contributed by atoms with van der Waals surface area (Å²) in [4.78, 5) is 0. The summed E-state index contributed by atoms with van der Waals surface area (Å²) < 4.78 is 11.1. The molecule has 1 rings (SSSR count). The SMILES string of the molecule is CCCCCCCCC/C=C/CCCCCCCCCO[C@H]1[C@@H]([C@H](O)CO)OC[C@@H]1O. The fourth-order valence-electron chi connectivity index (χ4n) is 4.18. The summed E-state index contributed by atoms with van der Waals surface area (Å²) in [5.74, 6) is 0. The molecule has 0 saturated carbocycles. The van der Waals surface area contributed by atoms with Crippen LogP contribution < -0.4 is 0 Å².